The molecule has 0 fully saturated rings. The molecule has 0 atom stereocenters. The summed E-state index contributed by atoms with van der Waals surface area (Å²) in [6.07, 6.45) is 4.34. The lowest BCUT2D eigenvalue weighted by atomic mass is 9.95. The van der Waals surface area contributed by atoms with Crippen LogP contribution in [-0.2, 0) is 19.4 Å². The fourth-order valence-corrected chi connectivity index (χ4v) is 2.91. The van der Waals surface area contributed by atoms with E-state index in [2.05, 4.69) is 27.1 Å². The summed E-state index contributed by atoms with van der Waals surface area (Å²) in [5, 5.41) is 12.4. The molecule has 0 spiro atoms. The highest BCUT2D eigenvalue weighted by atomic mass is 16.3. The Labute approximate surface area is 153 Å². The SMILES string of the molecule is Cc1nc(CNC(=O)c2ccc(C#CC(C)(C)O)o2)nc2c1CCCC2. The van der Waals surface area contributed by atoms with Crippen molar-refractivity contribution in [3.63, 3.8) is 0 Å². The van der Waals surface area contributed by atoms with Crippen LogP contribution < -0.4 is 5.32 Å². The number of carbonyl (C=O) groups is 1. The molecule has 136 valence electrons. The largest absolute Gasteiger partial charge is 0.443 e. The zero-order valence-corrected chi connectivity index (χ0v) is 15.3. The minimum Gasteiger partial charge on any atom is -0.443 e. The Morgan fingerprint density at radius 2 is 2.08 bits per heavy atom. The molecule has 0 aliphatic heterocycles. The van der Waals surface area contributed by atoms with E-state index in [1.807, 2.05) is 6.92 Å². The van der Waals surface area contributed by atoms with E-state index < -0.39 is 5.60 Å². The maximum Gasteiger partial charge on any atom is 0.287 e. The molecular formula is C20H23N3O3. The molecule has 0 unspecified atom stereocenters. The van der Waals surface area contributed by atoms with Crippen molar-refractivity contribution in [1.29, 1.82) is 0 Å². The molecule has 6 heteroatoms. The number of rotatable bonds is 3. The standard InChI is InChI=1S/C20H23N3O3/c1-13-15-6-4-5-7-16(15)23-18(22-13)12-21-19(24)17-9-8-14(26-17)10-11-20(2,3)25/h8-9,25H,4-7,12H2,1-3H3,(H,21,24). The lowest BCUT2D eigenvalue weighted by Gasteiger charge is -2.17. The average molecular weight is 353 g/mol. The van der Waals surface area contributed by atoms with Gasteiger partial charge in [0.25, 0.3) is 5.91 Å². The van der Waals surface area contributed by atoms with E-state index in [1.165, 1.54) is 12.0 Å². The summed E-state index contributed by atoms with van der Waals surface area (Å²) in [7, 11) is 0. The minimum absolute atomic E-state index is 0.166. The van der Waals surface area contributed by atoms with Gasteiger partial charge >= 0.3 is 0 Å². The van der Waals surface area contributed by atoms with Gasteiger partial charge < -0.3 is 14.8 Å². The number of hydrogen-bond acceptors (Lipinski definition) is 5. The number of aliphatic hydroxyl groups is 1. The number of aromatic nitrogens is 2. The topological polar surface area (TPSA) is 88.2 Å². The fraction of sp³-hybridized carbons (Fsp3) is 0.450. The van der Waals surface area contributed by atoms with Gasteiger partial charge in [-0.3, -0.25) is 4.79 Å². The predicted octanol–water partition coefficient (Wildman–Crippen LogP) is 2.31. The van der Waals surface area contributed by atoms with Gasteiger partial charge in [0.15, 0.2) is 11.5 Å². The monoisotopic (exact) mass is 353 g/mol. The second-order valence-electron chi connectivity index (χ2n) is 7.01. The molecule has 1 aliphatic carbocycles. The Bertz CT molecular complexity index is 882. The summed E-state index contributed by atoms with van der Waals surface area (Å²) in [5.74, 6) is 6.11. The van der Waals surface area contributed by atoms with Crippen molar-refractivity contribution < 1.29 is 14.3 Å². The number of amides is 1. The molecule has 0 aromatic carbocycles. The van der Waals surface area contributed by atoms with E-state index in [-0.39, 0.29) is 18.2 Å². The Morgan fingerprint density at radius 3 is 2.85 bits per heavy atom. The Morgan fingerprint density at radius 1 is 1.31 bits per heavy atom. The second kappa shape index (κ2) is 7.30. The van der Waals surface area contributed by atoms with Gasteiger partial charge in [-0.05, 0) is 70.1 Å². The Hall–Kier alpha value is -2.65. The van der Waals surface area contributed by atoms with E-state index in [9.17, 15) is 9.90 Å². The molecule has 1 amide bonds. The molecule has 1 aliphatic rings. The zero-order valence-electron chi connectivity index (χ0n) is 15.3. The van der Waals surface area contributed by atoms with Crippen LogP contribution in [-0.4, -0.2) is 26.6 Å². The predicted molar refractivity (Wildman–Crippen MR) is 96.5 cm³/mol. The first-order valence-corrected chi connectivity index (χ1v) is 8.81. The third-order valence-corrected chi connectivity index (χ3v) is 4.16. The Balaban J connectivity index is 1.65. The van der Waals surface area contributed by atoms with Gasteiger partial charge in [0.1, 0.15) is 11.4 Å². The normalized spacial score (nSPS) is 13.5. The van der Waals surface area contributed by atoms with Crippen molar-refractivity contribution in [2.45, 2.75) is 58.6 Å². The minimum atomic E-state index is -1.11. The van der Waals surface area contributed by atoms with E-state index >= 15 is 0 Å². The van der Waals surface area contributed by atoms with Gasteiger partial charge in [0.2, 0.25) is 0 Å². The summed E-state index contributed by atoms with van der Waals surface area (Å²) in [5.41, 5.74) is 2.25. The zero-order chi connectivity index (χ0) is 18.7. The van der Waals surface area contributed by atoms with Crippen molar-refractivity contribution in [3.05, 3.63) is 46.4 Å². The smallest absolute Gasteiger partial charge is 0.287 e. The molecule has 26 heavy (non-hydrogen) atoms. The van der Waals surface area contributed by atoms with Crippen LogP contribution in [0, 0.1) is 18.8 Å². The fourth-order valence-electron chi connectivity index (χ4n) is 2.91. The highest BCUT2D eigenvalue weighted by Gasteiger charge is 2.16. The summed E-state index contributed by atoms with van der Waals surface area (Å²) in [6, 6.07) is 3.16. The first kappa shape index (κ1) is 18.2. The number of carbonyl (C=O) groups excluding carboxylic acids is 1. The number of furan rings is 1. The number of aryl methyl sites for hydroxylation is 2. The highest BCUT2D eigenvalue weighted by Crippen LogP contribution is 2.21. The van der Waals surface area contributed by atoms with Crippen LogP contribution in [0.4, 0.5) is 0 Å². The maximum absolute atomic E-state index is 12.2. The molecule has 0 radical (unpaired) electrons. The number of nitrogens with zero attached hydrogens (tertiary/aromatic N) is 2. The van der Waals surface area contributed by atoms with Crippen molar-refractivity contribution in [2.75, 3.05) is 0 Å². The van der Waals surface area contributed by atoms with Crippen LogP contribution in [0.2, 0.25) is 0 Å². The van der Waals surface area contributed by atoms with Crippen LogP contribution in [0.25, 0.3) is 0 Å². The summed E-state index contributed by atoms with van der Waals surface area (Å²) in [6.45, 7) is 5.41. The molecular weight excluding hydrogens is 330 g/mol. The van der Waals surface area contributed by atoms with Gasteiger partial charge in [-0.25, -0.2) is 9.97 Å². The maximum atomic E-state index is 12.2. The molecule has 3 rings (SSSR count). The lowest BCUT2D eigenvalue weighted by molar-refractivity contribution is 0.0921. The third-order valence-electron chi connectivity index (χ3n) is 4.16. The number of nitrogens with one attached hydrogen (secondary N) is 1. The van der Waals surface area contributed by atoms with Gasteiger partial charge in [0.05, 0.1) is 6.54 Å². The molecule has 6 nitrogen and oxygen atoms in total. The van der Waals surface area contributed by atoms with Gasteiger partial charge in [-0.2, -0.15) is 0 Å². The molecule has 2 heterocycles. The van der Waals surface area contributed by atoms with Crippen LogP contribution in [0.1, 0.15) is 65.8 Å². The van der Waals surface area contributed by atoms with Crippen LogP contribution in [0.3, 0.4) is 0 Å². The van der Waals surface area contributed by atoms with Crippen LogP contribution >= 0.6 is 0 Å². The summed E-state index contributed by atoms with van der Waals surface area (Å²) in [4.78, 5) is 21.4. The molecule has 0 saturated heterocycles. The number of fused-ring (bicyclic) bond motifs is 1. The van der Waals surface area contributed by atoms with Gasteiger partial charge in [0, 0.05) is 11.4 Å². The van der Waals surface area contributed by atoms with Gasteiger partial charge in [-0.15, -0.1) is 0 Å². The molecule has 2 aromatic rings. The Kier molecular flexibility index (Phi) is 5.10. The molecule has 0 bridgehead atoms. The quantitative estimate of drug-likeness (QED) is 0.827. The van der Waals surface area contributed by atoms with Crippen LogP contribution in [0.5, 0.6) is 0 Å². The summed E-state index contributed by atoms with van der Waals surface area (Å²) >= 11 is 0. The van der Waals surface area contributed by atoms with Gasteiger partial charge in [-0.1, -0.05) is 5.92 Å². The molecule has 2 aromatic heterocycles. The first-order chi connectivity index (χ1) is 12.3. The van der Waals surface area contributed by atoms with Crippen molar-refractivity contribution in [1.82, 2.24) is 15.3 Å². The number of hydrogen-bond donors (Lipinski definition) is 2. The summed E-state index contributed by atoms with van der Waals surface area (Å²) < 4.78 is 5.41. The van der Waals surface area contributed by atoms with Crippen LogP contribution in [0.15, 0.2) is 16.5 Å². The average Bonchev–Trinajstić information content (AvgIpc) is 3.06. The van der Waals surface area contributed by atoms with Crippen molar-refractivity contribution >= 4 is 5.91 Å². The third kappa shape index (κ3) is 4.50. The van der Waals surface area contributed by atoms with Crippen molar-refractivity contribution in [2.24, 2.45) is 0 Å². The lowest BCUT2D eigenvalue weighted by Crippen LogP contribution is -2.24. The van der Waals surface area contributed by atoms with E-state index in [4.69, 9.17) is 4.42 Å². The highest BCUT2D eigenvalue weighted by molar-refractivity contribution is 5.91. The van der Waals surface area contributed by atoms with Crippen molar-refractivity contribution in [3.8, 4) is 11.8 Å². The molecule has 2 N–H and O–H groups in total. The molecule has 0 saturated carbocycles. The second-order valence-corrected chi connectivity index (χ2v) is 7.01. The first-order valence-electron chi connectivity index (χ1n) is 8.81. The van der Waals surface area contributed by atoms with E-state index in [0.29, 0.717) is 11.6 Å². The van der Waals surface area contributed by atoms with E-state index in [0.717, 1.165) is 30.7 Å². The van der Waals surface area contributed by atoms with E-state index in [1.54, 1.807) is 26.0 Å².